The van der Waals surface area contributed by atoms with Crippen LogP contribution in [0.3, 0.4) is 0 Å². The van der Waals surface area contributed by atoms with Crippen LogP contribution in [0.5, 0.6) is 0 Å². The SMILES string of the molecule is CCCCCCC/C=C\CCCCCCCC(=O)NC(CO)C(O)/C=C/CCCCCCCCCCCCCCCCCCCC. The van der Waals surface area contributed by atoms with Crippen molar-refractivity contribution in [2.75, 3.05) is 6.61 Å². The van der Waals surface area contributed by atoms with Gasteiger partial charge in [-0.25, -0.2) is 0 Å². The number of hydrogen-bond donors (Lipinski definition) is 3. The molecule has 1 amide bonds. The highest BCUT2D eigenvalue weighted by molar-refractivity contribution is 5.76. The van der Waals surface area contributed by atoms with E-state index in [-0.39, 0.29) is 12.5 Å². The number of nitrogens with one attached hydrogen (secondary N) is 1. The van der Waals surface area contributed by atoms with E-state index < -0.39 is 12.1 Å². The summed E-state index contributed by atoms with van der Waals surface area (Å²) in [6.45, 7) is 4.30. The topological polar surface area (TPSA) is 69.6 Å². The summed E-state index contributed by atoms with van der Waals surface area (Å²) in [6, 6.07) is -0.623. The highest BCUT2D eigenvalue weighted by Crippen LogP contribution is 2.15. The van der Waals surface area contributed by atoms with Crippen LogP contribution < -0.4 is 5.32 Å². The zero-order chi connectivity index (χ0) is 33.6. The molecular formula is C42H81NO3. The third kappa shape index (κ3) is 34.2. The highest BCUT2D eigenvalue weighted by Gasteiger charge is 2.17. The second-order valence-corrected chi connectivity index (χ2v) is 14.1. The summed E-state index contributed by atoms with van der Waals surface area (Å²) < 4.78 is 0. The van der Waals surface area contributed by atoms with Gasteiger partial charge in [-0.1, -0.05) is 192 Å². The first-order valence-corrected chi connectivity index (χ1v) is 20.6. The minimum Gasteiger partial charge on any atom is -0.394 e. The molecule has 4 heteroatoms. The molecule has 0 radical (unpaired) electrons. The molecule has 4 nitrogen and oxygen atoms in total. The normalized spacial score (nSPS) is 13.2. The number of allylic oxidation sites excluding steroid dienone is 3. The maximum absolute atomic E-state index is 12.3. The molecule has 0 saturated heterocycles. The van der Waals surface area contributed by atoms with Crippen molar-refractivity contribution in [3.63, 3.8) is 0 Å². The van der Waals surface area contributed by atoms with Crippen LogP contribution in [0.15, 0.2) is 24.3 Å². The van der Waals surface area contributed by atoms with Crippen LogP contribution in [0, 0.1) is 0 Å². The maximum atomic E-state index is 12.3. The molecule has 0 rings (SSSR count). The van der Waals surface area contributed by atoms with Crippen LogP contribution >= 0.6 is 0 Å². The van der Waals surface area contributed by atoms with Crippen molar-refractivity contribution in [1.82, 2.24) is 5.32 Å². The summed E-state index contributed by atoms with van der Waals surface area (Å²) in [5, 5.41) is 23.0. The van der Waals surface area contributed by atoms with Crippen LogP contribution in [-0.2, 0) is 4.79 Å². The molecule has 2 atom stereocenters. The van der Waals surface area contributed by atoms with Crippen LogP contribution in [0.2, 0.25) is 0 Å². The van der Waals surface area contributed by atoms with Gasteiger partial charge in [0.05, 0.1) is 18.8 Å². The van der Waals surface area contributed by atoms with Gasteiger partial charge in [-0.3, -0.25) is 4.79 Å². The molecule has 0 aliphatic rings. The van der Waals surface area contributed by atoms with Crippen molar-refractivity contribution in [3.05, 3.63) is 24.3 Å². The number of aliphatic hydroxyl groups excluding tert-OH is 2. The number of rotatable bonds is 37. The average molecular weight is 648 g/mol. The first-order chi connectivity index (χ1) is 22.7. The number of aliphatic hydroxyl groups is 2. The summed E-state index contributed by atoms with van der Waals surface area (Å²) in [5.74, 6) is -0.0723. The smallest absolute Gasteiger partial charge is 0.220 e. The van der Waals surface area contributed by atoms with Gasteiger partial charge in [-0.15, -0.1) is 0 Å². The van der Waals surface area contributed by atoms with E-state index in [1.54, 1.807) is 6.08 Å². The quantitative estimate of drug-likeness (QED) is 0.0464. The molecular weight excluding hydrogens is 566 g/mol. The van der Waals surface area contributed by atoms with Gasteiger partial charge < -0.3 is 15.5 Å². The van der Waals surface area contributed by atoms with Gasteiger partial charge in [0, 0.05) is 6.42 Å². The van der Waals surface area contributed by atoms with Gasteiger partial charge in [0.25, 0.3) is 0 Å². The van der Waals surface area contributed by atoms with E-state index in [1.807, 2.05) is 6.08 Å². The zero-order valence-electron chi connectivity index (χ0n) is 31.1. The monoisotopic (exact) mass is 648 g/mol. The van der Waals surface area contributed by atoms with E-state index in [0.717, 1.165) is 32.1 Å². The van der Waals surface area contributed by atoms with E-state index in [2.05, 4.69) is 31.3 Å². The van der Waals surface area contributed by atoms with Crippen LogP contribution in [0.4, 0.5) is 0 Å². The number of unbranched alkanes of at least 4 members (excludes halogenated alkanes) is 28. The number of amides is 1. The lowest BCUT2D eigenvalue weighted by atomic mass is 10.0. The largest absolute Gasteiger partial charge is 0.394 e. The third-order valence-electron chi connectivity index (χ3n) is 9.43. The molecule has 3 N–H and O–H groups in total. The Labute approximate surface area is 288 Å². The molecule has 46 heavy (non-hydrogen) atoms. The van der Waals surface area contributed by atoms with Crippen molar-refractivity contribution < 1.29 is 15.0 Å². The molecule has 272 valence electrons. The summed E-state index contributed by atoms with van der Waals surface area (Å²) in [4.78, 5) is 12.3. The van der Waals surface area contributed by atoms with Gasteiger partial charge >= 0.3 is 0 Å². The molecule has 0 aromatic heterocycles. The summed E-state index contributed by atoms with van der Waals surface area (Å²) in [7, 11) is 0. The molecule has 0 bridgehead atoms. The summed E-state index contributed by atoms with van der Waals surface area (Å²) in [6.07, 6.45) is 48.4. The Morgan fingerprint density at radius 2 is 0.826 bits per heavy atom. The van der Waals surface area contributed by atoms with Crippen molar-refractivity contribution in [2.24, 2.45) is 0 Å². The fourth-order valence-corrected chi connectivity index (χ4v) is 6.23. The van der Waals surface area contributed by atoms with Gasteiger partial charge in [-0.2, -0.15) is 0 Å². The Hall–Kier alpha value is -1.13. The van der Waals surface area contributed by atoms with Crippen molar-refractivity contribution >= 4 is 5.91 Å². The molecule has 2 unspecified atom stereocenters. The molecule has 0 aromatic carbocycles. The van der Waals surface area contributed by atoms with E-state index in [4.69, 9.17) is 0 Å². The van der Waals surface area contributed by atoms with E-state index >= 15 is 0 Å². The predicted octanol–water partition coefficient (Wildman–Crippen LogP) is 12.5. The molecule has 0 saturated carbocycles. The van der Waals surface area contributed by atoms with Crippen LogP contribution in [0.25, 0.3) is 0 Å². The van der Waals surface area contributed by atoms with Gasteiger partial charge in [0.15, 0.2) is 0 Å². The van der Waals surface area contributed by atoms with Crippen molar-refractivity contribution in [1.29, 1.82) is 0 Å². The van der Waals surface area contributed by atoms with Crippen molar-refractivity contribution in [3.8, 4) is 0 Å². The van der Waals surface area contributed by atoms with Crippen LogP contribution in [0.1, 0.15) is 219 Å². The molecule has 0 aliphatic carbocycles. The van der Waals surface area contributed by atoms with E-state index in [9.17, 15) is 15.0 Å². The Bertz CT molecular complexity index is 661. The highest BCUT2D eigenvalue weighted by atomic mass is 16.3. The Morgan fingerprint density at radius 3 is 1.20 bits per heavy atom. The molecule has 0 heterocycles. The molecule has 0 spiro atoms. The minimum atomic E-state index is -0.839. The molecule has 0 aliphatic heterocycles. The van der Waals surface area contributed by atoms with Gasteiger partial charge in [-0.05, 0) is 44.9 Å². The van der Waals surface area contributed by atoms with E-state index in [0.29, 0.717) is 6.42 Å². The minimum absolute atomic E-state index is 0.0723. The maximum Gasteiger partial charge on any atom is 0.220 e. The molecule has 0 fully saturated rings. The van der Waals surface area contributed by atoms with Crippen LogP contribution in [-0.4, -0.2) is 34.9 Å². The standard InChI is InChI=1S/C42H81NO3/c1-3-5-7-9-11-13-15-17-19-20-21-22-23-24-25-27-29-31-33-35-37-41(45)40(39-44)43-42(46)38-36-34-32-30-28-26-18-16-14-12-10-8-6-4-2/h16,18,35,37,40-41,44-45H,3-15,17,19-34,36,38-39H2,1-2H3,(H,43,46)/b18-16-,37-35+. The molecule has 0 aromatic rings. The predicted molar refractivity (Wildman–Crippen MR) is 202 cm³/mol. The lowest BCUT2D eigenvalue weighted by molar-refractivity contribution is -0.123. The second kappa shape index (κ2) is 38.3. The summed E-state index contributed by atoms with van der Waals surface area (Å²) >= 11 is 0. The second-order valence-electron chi connectivity index (χ2n) is 14.1. The first kappa shape index (κ1) is 44.9. The fourth-order valence-electron chi connectivity index (χ4n) is 6.23. The number of carbonyl (C=O) groups excluding carboxylic acids is 1. The zero-order valence-corrected chi connectivity index (χ0v) is 31.1. The Kier molecular flexibility index (Phi) is 37.4. The summed E-state index contributed by atoms with van der Waals surface area (Å²) in [5.41, 5.74) is 0. The third-order valence-corrected chi connectivity index (χ3v) is 9.43. The van der Waals surface area contributed by atoms with Gasteiger partial charge in [0.2, 0.25) is 5.91 Å². The van der Waals surface area contributed by atoms with Gasteiger partial charge in [0.1, 0.15) is 0 Å². The Morgan fingerprint density at radius 1 is 0.500 bits per heavy atom. The number of carbonyl (C=O) groups is 1. The average Bonchev–Trinajstić information content (AvgIpc) is 3.06. The van der Waals surface area contributed by atoms with E-state index in [1.165, 1.54) is 167 Å². The van der Waals surface area contributed by atoms with Crippen molar-refractivity contribution in [2.45, 2.75) is 231 Å². The lowest BCUT2D eigenvalue weighted by Gasteiger charge is -2.20. The lowest BCUT2D eigenvalue weighted by Crippen LogP contribution is -2.45. The Balaban J connectivity index is 3.57. The number of hydrogen-bond acceptors (Lipinski definition) is 3. The fraction of sp³-hybridized carbons (Fsp3) is 0.881. The first-order valence-electron chi connectivity index (χ1n) is 20.6.